The predicted octanol–water partition coefficient (Wildman–Crippen LogP) is 13.1. The third-order valence-electron chi connectivity index (χ3n) is 16.5. The van der Waals surface area contributed by atoms with Crippen LogP contribution in [0.2, 0.25) is 0 Å². The average molecular weight is 990 g/mol. The monoisotopic (exact) mass is 989 g/mol. The Morgan fingerprint density at radius 2 is 0.694 bits per heavy atom. The molecule has 0 N–H and O–H groups in total. The largest absolute Gasteiger partial charge is 0.372 e. The average Bonchev–Trinajstić information content (AvgIpc) is 4.18. The Morgan fingerprint density at radius 1 is 0.347 bits per heavy atom. The zero-order valence-corrected chi connectivity index (χ0v) is 47.2. The fourth-order valence-corrected chi connectivity index (χ4v) is 12.4. The first kappa shape index (κ1) is 58.1. The van der Waals surface area contributed by atoms with Gasteiger partial charge in [0, 0.05) is 134 Å². The standard InChI is InChI=1S/C16H30N2.C16H18N2.C14H30N2.C10H13N.C8H17N/c2*1-3-7-15(8-4-1)17-11-13-18(14-12-17)16-9-5-2-6-10-16;1-4-5-6-7-8-15-9-11-16(12-10-15)13-14(2)3;1-2-6-10(7-3-1)11-8-4-5-9-11;1-8(2)7-9-5-3-4-6-9/h15-16H,1-14H2;1-10H,11-14H2;14H,4-13H2,1-3H3;1-3,6-7H,4-5,8-9H2;8H,3-7H2,1-2H3. The maximum Gasteiger partial charge on any atom is 0.0367 e. The first-order chi connectivity index (χ1) is 35.3. The lowest BCUT2D eigenvalue weighted by molar-refractivity contribution is 0.0463. The molecule has 0 spiro atoms. The SMILES string of the molecule is C1CCC(N2CCN(C3CCCCC3)CC2)CC1.CC(C)CN1CCCC1.CCCCCCN1CCN(CC(C)C)CC1.c1ccc(N2CCCC2)cc1.c1ccc(N2CCN(c3ccccc3)CC2)cc1. The number of piperazine rings is 3. The summed E-state index contributed by atoms with van der Waals surface area (Å²) >= 11 is 0. The second kappa shape index (κ2) is 34.4. The van der Waals surface area contributed by atoms with E-state index in [0.29, 0.717) is 0 Å². The minimum atomic E-state index is 0.816. The number of benzene rings is 3. The number of hydrogen-bond acceptors (Lipinski definition) is 8. The van der Waals surface area contributed by atoms with Gasteiger partial charge in [-0.05, 0) is 126 Å². The van der Waals surface area contributed by atoms with Crippen molar-refractivity contribution in [1.29, 1.82) is 0 Å². The lowest BCUT2D eigenvalue weighted by Gasteiger charge is -2.44. The smallest absolute Gasteiger partial charge is 0.0367 e. The van der Waals surface area contributed by atoms with E-state index in [4.69, 9.17) is 0 Å². The van der Waals surface area contributed by atoms with E-state index in [1.165, 1.54) is 231 Å². The molecule has 2 saturated carbocycles. The summed E-state index contributed by atoms with van der Waals surface area (Å²) in [4.78, 5) is 20.8. The summed E-state index contributed by atoms with van der Waals surface area (Å²) in [6.45, 7) is 35.5. The summed E-state index contributed by atoms with van der Waals surface area (Å²) in [6.07, 6.45) is 25.9. The maximum atomic E-state index is 2.80. The lowest BCUT2D eigenvalue weighted by atomic mass is 9.92. The number of unbranched alkanes of at least 4 members (excludes halogenated alkanes) is 3. The van der Waals surface area contributed by atoms with Crippen molar-refractivity contribution in [2.45, 2.75) is 162 Å². The zero-order chi connectivity index (χ0) is 50.4. The molecule has 5 heterocycles. The van der Waals surface area contributed by atoms with E-state index in [9.17, 15) is 0 Å². The van der Waals surface area contributed by atoms with Crippen LogP contribution in [-0.2, 0) is 0 Å². The van der Waals surface area contributed by atoms with E-state index in [1.54, 1.807) is 0 Å². The van der Waals surface area contributed by atoms with Gasteiger partial charge in [0.15, 0.2) is 0 Å². The summed E-state index contributed by atoms with van der Waals surface area (Å²) in [5, 5.41) is 0. The fraction of sp³-hybridized carbons (Fsp3) is 0.719. The van der Waals surface area contributed by atoms with Crippen molar-refractivity contribution in [1.82, 2.24) is 24.5 Å². The molecule has 404 valence electrons. The molecule has 0 aromatic heterocycles. The molecule has 7 aliphatic rings. The minimum Gasteiger partial charge on any atom is -0.372 e. The molecule has 5 saturated heterocycles. The van der Waals surface area contributed by atoms with Crippen molar-refractivity contribution in [2.75, 3.05) is 139 Å². The van der Waals surface area contributed by atoms with Gasteiger partial charge in [-0.25, -0.2) is 0 Å². The van der Waals surface area contributed by atoms with E-state index >= 15 is 0 Å². The van der Waals surface area contributed by atoms with Crippen LogP contribution in [0.3, 0.4) is 0 Å². The van der Waals surface area contributed by atoms with Gasteiger partial charge in [-0.1, -0.05) is 147 Å². The van der Waals surface area contributed by atoms with Gasteiger partial charge >= 0.3 is 0 Å². The Bertz CT molecular complexity index is 1640. The van der Waals surface area contributed by atoms with Crippen molar-refractivity contribution in [3.05, 3.63) is 91.0 Å². The van der Waals surface area contributed by atoms with Crippen molar-refractivity contribution < 1.29 is 0 Å². The van der Waals surface area contributed by atoms with Gasteiger partial charge < -0.3 is 29.4 Å². The molecule has 5 aliphatic heterocycles. The third-order valence-corrected chi connectivity index (χ3v) is 16.5. The Labute approximate surface area is 443 Å². The number of likely N-dealkylation sites (tertiary alicyclic amines) is 1. The van der Waals surface area contributed by atoms with Crippen LogP contribution in [-0.4, -0.2) is 161 Å². The van der Waals surface area contributed by atoms with Gasteiger partial charge in [0.2, 0.25) is 0 Å². The molecule has 8 heteroatoms. The fourth-order valence-electron chi connectivity index (χ4n) is 12.4. The summed E-state index contributed by atoms with van der Waals surface area (Å²) in [5.41, 5.74) is 4.06. The van der Waals surface area contributed by atoms with Crippen LogP contribution < -0.4 is 14.7 Å². The van der Waals surface area contributed by atoms with Crippen LogP contribution in [0, 0.1) is 11.8 Å². The summed E-state index contributed by atoms with van der Waals surface area (Å²) in [6, 6.07) is 33.9. The Morgan fingerprint density at radius 3 is 1.07 bits per heavy atom. The van der Waals surface area contributed by atoms with Crippen molar-refractivity contribution in [2.24, 2.45) is 11.8 Å². The molecule has 0 radical (unpaired) electrons. The molecule has 3 aromatic rings. The quantitative estimate of drug-likeness (QED) is 0.147. The Kier molecular flexibility index (Phi) is 27.8. The molecule has 2 aliphatic carbocycles. The molecule has 3 aromatic carbocycles. The molecule has 0 bridgehead atoms. The highest BCUT2D eigenvalue weighted by molar-refractivity contribution is 5.51. The second-order valence-corrected chi connectivity index (χ2v) is 23.3. The molecular weight excluding hydrogens is 881 g/mol. The third kappa shape index (κ3) is 22.0. The number of hydrogen-bond donors (Lipinski definition) is 0. The van der Waals surface area contributed by atoms with Gasteiger partial charge in [0.05, 0.1) is 0 Å². The van der Waals surface area contributed by atoms with Gasteiger partial charge in [-0.2, -0.15) is 0 Å². The highest BCUT2D eigenvalue weighted by atomic mass is 15.3. The van der Waals surface area contributed by atoms with E-state index in [0.717, 1.165) is 50.1 Å². The van der Waals surface area contributed by atoms with E-state index in [2.05, 4.69) is 165 Å². The second-order valence-electron chi connectivity index (χ2n) is 23.3. The molecule has 0 amide bonds. The van der Waals surface area contributed by atoms with Crippen molar-refractivity contribution in [3.63, 3.8) is 0 Å². The van der Waals surface area contributed by atoms with Crippen LogP contribution >= 0.6 is 0 Å². The summed E-state index contributed by atoms with van der Waals surface area (Å²) < 4.78 is 0. The Balaban J connectivity index is 0.000000150. The number of anilines is 3. The van der Waals surface area contributed by atoms with Gasteiger partial charge in [-0.15, -0.1) is 0 Å². The molecule has 0 atom stereocenters. The molecule has 72 heavy (non-hydrogen) atoms. The Hall–Kier alpha value is -3.14. The van der Waals surface area contributed by atoms with Crippen LogP contribution in [0.4, 0.5) is 17.1 Å². The summed E-state index contributed by atoms with van der Waals surface area (Å²) in [7, 11) is 0. The van der Waals surface area contributed by atoms with Crippen molar-refractivity contribution >= 4 is 17.1 Å². The molecule has 10 rings (SSSR count). The van der Waals surface area contributed by atoms with Crippen molar-refractivity contribution in [3.8, 4) is 0 Å². The first-order valence-corrected chi connectivity index (χ1v) is 30.4. The van der Waals surface area contributed by atoms with Gasteiger partial charge in [-0.3, -0.25) is 9.80 Å². The molecule has 0 unspecified atom stereocenters. The highest BCUT2D eigenvalue weighted by Crippen LogP contribution is 2.27. The molecule has 8 nitrogen and oxygen atoms in total. The molecular formula is C64H108N8. The van der Waals surface area contributed by atoms with Gasteiger partial charge in [0.25, 0.3) is 0 Å². The highest BCUT2D eigenvalue weighted by Gasteiger charge is 2.29. The van der Waals surface area contributed by atoms with E-state index < -0.39 is 0 Å². The van der Waals surface area contributed by atoms with E-state index in [1.807, 2.05) is 0 Å². The first-order valence-electron chi connectivity index (χ1n) is 30.4. The number of nitrogens with zero attached hydrogens (tertiary/aromatic N) is 8. The minimum absolute atomic E-state index is 0.816. The zero-order valence-electron chi connectivity index (χ0n) is 47.2. The lowest BCUT2D eigenvalue weighted by Crippen LogP contribution is -2.53. The normalized spacial score (nSPS) is 21.3. The van der Waals surface area contributed by atoms with Gasteiger partial charge in [0.1, 0.15) is 0 Å². The maximum absolute atomic E-state index is 2.80. The topological polar surface area (TPSA) is 25.9 Å². The summed E-state index contributed by atoms with van der Waals surface area (Å²) in [5.74, 6) is 1.67. The van der Waals surface area contributed by atoms with Crippen LogP contribution in [0.5, 0.6) is 0 Å². The number of rotatable bonds is 14. The van der Waals surface area contributed by atoms with Crippen LogP contribution in [0.1, 0.15) is 150 Å². The number of para-hydroxylation sites is 3. The molecule has 7 fully saturated rings. The van der Waals surface area contributed by atoms with Crippen LogP contribution in [0.15, 0.2) is 91.0 Å². The van der Waals surface area contributed by atoms with E-state index in [-0.39, 0.29) is 0 Å². The predicted molar refractivity (Wildman–Crippen MR) is 314 cm³/mol. The van der Waals surface area contributed by atoms with Crippen LogP contribution in [0.25, 0.3) is 0 Å².